The Hall–Kier alpha value is -6.19. The highest BCUT2D eigenvalue weighted by Gasteiger charge is 2.49. The normalized spacial score (nSPS) is 22.8. The second-order valence-corrected chi connectivity index (χ2v) is 18.2. The van der Waals surface area contributed by atoms with E-state index in [4.69, 9.17) is 14.5 Å². The number of anilines is 3. The third kappa shape index (κ3) is 6.43. The van der Waals surface area contributed by atoms with Crippen LogP contribution in [0.3, 0.4) is 0 Å². The Balaban J connectivity index is 0.702. The van der Waals surface area contributed by atoms with Crippen LogP contribution < -0.4 is 21.1 Å². The number of pyridine rings is 1. The largest absolute Gasteiger partial charge is 0.384 e. The summed E-state index contributed by atoms with van der Waals surface area (Å²) in [6.07, 6.45) is 10.8. The lowest BCUT2D eigenvalue weighted by atomic mass is 9.64. The van der Waals surface area contributed by atoms with Gasteiger partial charge in [0, 0.05) is 67.7 Å². The molecule has 6 aromatic rings. The van der Waals surface area contributed by atoms with Gasteiger partial charge in [0.1, 0.15) is 16.7 Å². The lowest BCUT2D eigenvalue weighted by Crippen LogP contribution is -2.69. The molecule has 2 atom stereocenters. The molecule has 7 heterocycles. The zero-order valence-corrected chi connectivity index (χ0v) is 34.8. The number of hydrogen-bond donors (Lipinski definition) is 3. The SMILES string of the molecule is C=CCn1c(=O)c2cnc(Nc3ccc(C4CCC5(CC4)CN(C4CN(c6ccc7c(C8CCC(=O)NC8=O)noc7c6)C4)C5)cc3)nc2n1-c1ccc2c(n1)[C@@](O)(CC)CC2. The molecule has 62 heavy (non-hydrogen) atoms. The molecular formula is C47H50N10O5. The number of carbonyl (C=O) groups excluding carboxylic acids is 2. The van der Waals surface area contributed by atoms with Crippen molar-refractivity contribution in [2.45, 2.75) is 94.7 Å². The van der Waals surface area contributed by atoms with E-state index in [1.54, 1.807) is 21.6 Å². The number of allylic oxidation sites excluding steroid dienone is 1. The van der Waals surface area contributed by atoms with Crippen LogP contribution in [0.15, 0.2) is 82.8 Å². The number of hydrogen-bond acceptors (Lipinski definition) is 12. The van der Waals surface area contributed by atoms with Crippen molar-refractivity contribution in [2.24, 2.45) is 5.41 Å². The van der Waals surface area contributed by atoms with Crippen molar-refractivity contribution >= 4 is 51.1 Å². The van der Waals surface area contributed by atoms with Crippen LogP contribution in [0, 0.1) is 5.41 Å². The molecule has 2 aromatic carbocycles. The molecule has 3 N–H and O–H groups in total. The molecule has 2 amide bonds. The van der Waals surface area contributed by atoms with Gasteiger partial charge < -0.3 is 19.8 Å². The predicted octanol–water partition coefficient (Wildman–Crippen LogP) is 5.96. The summed E-state index contributed by atoms with van der Waals surface area (Å²) < 4.78 is 8.94. The summed E-state index contributed by atoms with van der Waals surface area (Å²) in [4.78, 5) is 56.9. The molecule has 318 valence electrons. The van der Waals surface area contributed by atoms with Gasteiger partial charge in [0.15, 0.2) is 17.0 Å². The van der Waals surface area contributed by atoms with Crippen molar-refractivity contribution in [2.75, 3.05) is 36.4 Å². The summed E-state index contributed by atoms with van der Waals surface area (Å²) in [5.74, 6) is 0.415. The minimum atomic E-state index is -0.988. The van der Waals surface area contributed by atoms with Crippen molar-refractivity contribution < 1.29 is 19.2 Å². The van der Waals surface area contributed by atoms with Gasteiger partial charge in [0.05, 0.1) is 18.2 Å². The summed E-state index contributed by atoms with van der Waals surface area (Å²) in [6.45, 7) is 10.4. The van der Waals surface area contributed by atoms with Crippen molar-refractivity contribution in [1.29, 1.82) is 0 Å². The van der Waals surface area contributed by atoms with E-state index >= 15 is 0 Å². The number of carbonyl (C=O) groups is 2. The molecule has 1 unspecified atom stereocenters. The zero-order chi connectivity index (χ0) is 42.3. The van der Waals surface area contributed by atoms with Crippen molar-refractivity contribution in [1.82, 2.24) is 39.7 Å². The first-order valence-electron chi connectivity index (χ1n) is 22.0. The van der Waals surface area contributed by atoms with Crippen LogP contribution in [-0.2, 0) is 28.2 Å². The molecule has 15 heteroatoms. The summed E-state index contributed by atoms with van der Waals surface area (Å²) in [5, 5.41) is 22.5. The third-order valence-electron chi connectivity index (χ3n) is 14.6. The lowest BCUT2D eigenvalue weighted by Gasteiger charge is -2.59. The number of piperidine rings is 1. The third-order valence-corrected chi connectivity index (χ3v) is 14.6. The fourth-order valence-corrected chi connectivity index (χ4v) is 10.8. The van der Waals surface area contributed by atoms with Gasteiger partial charge in [-0.2, -0.15) is 4.98 Å². The highest BCUT2D eigenvalue weighted by molar-refractivity contribution is 6.02. The fourth-order valence-electron chi connectivity index (χ4n) is 10.8. The number of aliphatic hydroxyl groups is 1. The number of nitrogens with zero attached hydrogens (tertiary/aromatic N) is 8. The minimum Gasteiger partial charge on any atom is -0.384 e. The second kappa shape index (κ2) is 14.7. The maximum atomic E-state index is 13.6. The number of nitrogens with one attached hydrogen (secondary N) is 2. The molecule has 5 aliphatic rings. The molecule has 3 saturated heterocycles. The number of amides is 2. The van der Waals surface area contributed by atoms with Crippen LogP contribution in [0.1, 0.15) is 92.6 Å². The maximum Gasteiger partial charge on any atom is 0.278 e. The number of aryl methyl sites for hydroxylation is 1. The molecular weight excluding hydrogens is 785 g/mol. The average molecular weight is 835 g/mol. The summed E-state index contributed by atoms with van der Waals surface area (Å²) in [5.41, 5.74) is 5.92. The van der Waals surface area contributed by atoms with Crippen LogP contribution in [0.4, 0.5) is 17.3 Å². The van der Waals surface area contributed by atoms with Gasteiger partial charge in [-0.3, -0.25) is 24.6 Å². The molecule has 3 aliphatic heterocycles. The first kappa shape index (κ1) is 38.7. The van der Waals surface area contributed by atoms with E-state index < -0.39 is 11.5 Å². The van der Waals surface area contributed by atoms with Gasteiger partial charge in [-0.25, -0.2) is 19.3 Å². The standard InChI is InChI=1S/C47H50N10O5/c1-3-21-56-44(60)36-23-48-45(52-42(36)57(56)38-13-7-30-17-20-47(61,4-2)41(30)50-38)49-31-8-5-28(6-9-31)29-15-18-46(19-16-29)26-55(27-46)33-24-54(25-33)32-10-11-34-37(22-32)62-53-40(34)35-12-14-39(58)51-43(35)59/h3,5-11,13,22-23,29,33,35,61H,1,4,12,14-21,24-27H2,2H3,(H,48,49,52)(H,51,58,59)/t35?,47-/m1/s1. The van der Waals surface area contributed by atoms with Crippen LogP contribution >= 0.6 is 0 Å². The van der Waals surface area contributed by atoms with E-state index in [1.165, 1.54) is 31.2 Å². The second-order valence-electron chi connectivity index (χ2n) is 18.2. The quantitative estimate of drug-likeness (QED) is 0.109. The minimum absolute atomic E-state index is 0.231. The van der Waals surface area contributed by atoms with Crippen molar-refractivity contribution in [3.63, 3.8) is 0 Å². The number of fused-ring (bicyclic) bond motifs is 3. The van der Waals surface area contributed by atoms with Gasteiger partial charge in [0.2, 0.25) is 17.8 Å². The molecule has 0 radical (unpaired) electrons. The number of rotatable bonds is 10. The van der Waals surface area contributed by atoms with Crippen molar-refractivity contribution in [3.05, 3.63) is 106 Å². The monoisotopic (exact) mass is 834 g/mol. The van der Waals surface area contributed by atoms with E-state index in [2.05, 4.69) is 67.5 Å². The zero-order valence-electron chi connectivity index (χ0n) is 34.8. The number of imide groups is 1. The van der Waals surface area contributed by atoms with Crippen molar-refractivity contribution in [3.8, 4) is 5.82 Å². The summed E-state index contributed by atoms with van der Waals surface area (Å²) in [6, 6.07) is 19.1. The molecule has 1 saturated carbocycles. The van der Waals surface area contributed by atoms with E-state index in [0.717, 1.165) is 54.9 Å². The highest BCUT2D eigenvalue weighted by Crippen LogP contribution is 2.50. The number of benzene rings is 2. The predicted molar refractivity (Wildman–Crippen MR) is 234 cm³/mol. The molecule has 4 fully saturated rings. The van der Waals surface area contributed by atoms with Gasteiger partial charge in [0.25, 0.3) is 5.56 Å². The molecule has 11 rings (SSSR count). The smallest absolute Gasteiger partial charge is 0.278 e. The Morgan fingerprint density at radius 2 is 1.77 bits per heavy atom. The Labute approximate surface area is 357 Å². The fraction of sp³-hybridized carbons (Fsp3) is 0.426. The Bertz CT molecular complexity index is 2820. The Kier molecular flexibility index (Phi) is 9.20. The van der Waals surface area contributed by atoms with Crippen LogP contribution in [0.25, 0.3) is 27.8 Å². The number of aromatic nitrogens is 6. The highest BCUT2D eigenvalue weighted by atomic mass is 16.5. The lowest BCUT2D eigenvalue weighted by molar-refractivity contribution is -0.134. The van der Waals surface area contributed by atoms with Gasteiger partial charge in [-0.05, 0) is 104 Å². The Morgan fingerprint density at radius 3 is 2.53 bits per heavy atom. The molecule has 0 bridgehead atoms. The molecule has 2 aliphatic carbocycles. The van der Waals surface area contributed by atoms with Gasteiger partial charge in [-0.15, -0.1) is 6.58 Å². The van der Waals surface area contributed by atoms with Crippen LogP contribution in [0.2, 0.25) is 0 Å². The summed E-state index contributed by atoms with van der Waals surface area (Å²) in [7, 11) is 0. The van der Waals surface area contributed by atoms with Gasteiger partial charge in [-0.1, -0.05) is 36.4 Å². The Morgan fingerprint density at radius 1 is 0.968 bits per heavy atom. The molecule has 1 spiro atoms. The van der Waals surface area contributed by atoms with Crippen LogP contribution in [-0.4, -0.2) is 83.5 Å². The van der Waals surface area contributed by atoms with E-state index in [1.807, 2.05) is 31.2 Å². The first-order valence-corrected chi connectivity index (χ1v) is 22.0. The van der Waals surface area contributed by atoms with E-state index in [-0.39, 0.29) is 23.9 Å². The molecule has 4 aromatic heterocycles. The number of likely N-dealkylation sites (tertiary alicyclic amines) is 1. The average Bonchev–Trinajstić information content (AvgIpc) is 3.91. The van der Waals surface area contributed by atoms with Crippen LogP contribution in [0.5, 0.6) is 0 Å². The summed E-state index contributed by atoms with van der Waals surface area (Å²) >= 11 is 0. The first-order chi connectivity index (χ1) is 30.1. The van der Waals surface area contributed by atoms with Gasteiger partial charge >= 0.3 is 0 Å². The topological polar surface area (TPSA) is 177 Å². The van der Waals surface area contributed by atoms with E-state index in [0.29, 0.717) is 82.8 Å². The maximum absolute atomic E-state index is 13.6. The molecule has 15 nitrogen and oxygen atoms in total. The van der Waals surface area contributed by atoms with E-state index in [9.17, 15) is 19.5 Å².